The number of nitrogens with one attached hydrogen (secondary N) is 2. The number of hydrogen-bond acceptors (Lipinski definition) is 4. The second-order valence-electron chi connectivity index (χ2n) is 3.96. The number of rotatable bonds is 2. The third kappa shape index (κ3) is 1.78. The molecule has 0 saturated carbocycles. The summed E-state index contributed by atoms with van der Waals surface area (Å²) in [5, 5.41) is 0. The zero-order valence-corrected chi connectivity index (χ0v) is 10.1. The Bertz CT molecular complexity index is 666. The van der Waals surface area contributed by atoms with E-state index in [4.69, 9.17) is 10.5 Å². The lowest BCUT2D eigenvalue weighted by molar-refractivity contribution is 0.291. The Labute approximate surface area is 104 Å². The van der Waals surface area contributed by atoms with Crippen LogP contribution in [-0.4, -0.2) is 8.42 Å². The lowest BCUT2D eigenvalue weighted by Gasteiger charge is -2.26. The molecule has 1 heterocycles. The van der Waals surface area contributed by atoms with Crippen molar-refractivity contribution >= 4 is 10.2 Å². The van der Waals surface area contributed by atoms with Gasteiger partial charge in [-0.3, -0.25) is 4.72 Å². The molecule has 0 aromatic carbocycles. The van der Waals surface area contributed by atoms with Gasteiger partial charge in [-0.2, -0.15) is 8.42 Å². The number of fused-ring (bicyclic) bond motifs is 1. The van der Waals surface area contributed by atoms with Crippen LogP contribution in [0.25, 0.3) is 0 Å². The van der Waals surface area contributed by atoms with Gasteiger partial charge in [-0.25, -0.2) is 4.72 Å². The molecule has 3 rings (SSSR count). The standard InChI is InChI=1S/C11H11N3O3S/c12-8-5-6-10(8)17-11-7-3-1-2-4-9(7)13-18(15,16)14-11/h1,3-6,13-14H,2,12H2. The fourth-order valence-corrected chi connectivity index (χ4v) is 2.67. The highest BCUT2D eigenvalue weighted by molar-refractivity contribution is 7.87. The van der Waals surface area contributed by atoms with E-state index in [1.807, 2.05) is 6.08 Å². The fraction of sp³-hybridized carbons (Fsp3) is 0.0909. The molecule has 0 bridgehead atoms. The normalized spacial score (nSPS) is 23.7. The maximum absolute atomic E-state index is 11.6. The largest absolute Gasteiger partial charge is 0.437 e. The van der Waals surface area contributed by atoms with Crippen LogP contribution in [0.4, 0.5) is 0 Å². The molecule has 1 aliphatic heterocycles. The molecule has 0 atom stereocenters. The Balaban J connectivity index is 2.00. The van der Waals surface area contributed by atoms with E-state index in [-0.39, 0.29) is 5.88 Å². The number of ether oxygens (including phenoxy) is 1. The first kappa shape index (κ1) is 11.0. The Hall–Kier alpha value is -2.15. The summed E-state index contributed by atoms with van der Waals surface area (Å²) in [6, 6.07) is 0. The zero-order chi connectivity index (χ0) is 12.8. The van der Waals surface area contributed by atoms with E-state index in [2.05, 4.69) is 9.44 Å². The van der Waals surface area contributed by atoms with Crippen LogP contribution in [0.5, 0.6) is 0 Å². The molecule has 0 fully saturated rings. The molecular weight excluding hydrogens is 254 g/mol. The molecule has 0 aromatic heterocycles. The highest BCUT2D eigenvalue weighted by Gasteiger charge is 2.28. The van der Waals surface area contributed by atoms with Gasteiger partial charge < -0.3 is 10.5 Å². The van der Waals surface area contributed by atoms with Crippen molar-refractivity contribution < 1.29 is 13.2 Å². The number of allylic oxidation sites excluding steroid dienone is 5. The fourth-order valence-electron chi connectivity index (χ4n) is 1.74. The molecule has 0 amide bonds. The average molecular weight is 265 g/mol. The third-order valence-corrected chi connectivity index (χ3v) is 3.60. The first-order chi connectivity index (χ1) is 8.55. The maximum atomic E-state index is 11.6. The van der Waals surface area contributed by atoms with Crippen molar-refractivity contribution in [3.8, 4) is 0 Å². The van der Waals surface area contributed by atoms with Gasteiger partial charge in [0.05, 0.1) is 17.0 Å². The first-order valence-electron chi connectivity index (χ1n) is 5.33. The maximum Gasteiger partial charge on any atom is 0.323 e. The van der Waals surface area contributed by atoms with Crippen molar-refractivity contribution in [1.82, 2.24) is 9.44 Å². The molecule has 4 N–H and O–H groups in total. The molecule has 0 radical (unpaired) electrons. The molecule has 6 nitrogen and oxygen atoms in total. The van der Waals surface area contributed by atoms with E-state index in [1.165, 1.54) is 0 Å². The van der Waals surface area contributed by atoms with Crippen molar-refractivity contribution in [2.24, 2.45) is 5.73 Å². The lowest BCUT2D eigenvalue weighted by atomic mass is 10.1. The molecule has 0 aromatic rings. The summed E-state index contributed by atoms with van der Waals surface area (Å²) in [5.74, 6) is 0.624. The van der Waals surface area contributed by atoms with Gasteiger partial charge in [-0.1, -0.05) is 18.2 Å². The van der Waals surface area contributed by atoms with E-state index in [1.54, 1.807) is 24.3 Å². The highest BCUT2D eigenvalue weighted by atomic mass is 32.2. The topological polar surface area (TPSA) is 93.4 Å². The van der Waals surface area contributed by atoms with Gasteiger partial charge in [0.25, 0.3) is 0 Å². The monoisotopic (exact) mass is 265 g/mol. The van der Waals surface area contributed by atoms with Crippen LogP contribution >= 0.6 is 0 Å². The predicted molar refractivity (Wildman–Crippen MR) is 65.5 cm³/mol. The van der Waals surface area contributed by atoms with Gasteiger partial charge in [0.2, 0.25) is 5.88 Å². The van der Waals surface area contributed by atoms with Crippen molar-refractivity contribution in [3.05, 3.63) is 59.0 Å². The molecule has 3 aliphatic rings. The minimum atomic E-state index is -3.62. The van der Waals surface area contributed by atoms with Crippen molar-refractivity contribution in [2.45, 2.75) is 6.42 Å². The SMILES string of the molecule is NC1=C(OC2=C3C=CCC=C3NS(=O)(=O)N2)C=C1. The summed E-state index contributed by atoms with van der Waals surface area (Å²) in [5.41, 5.74) is 7.27. The molecule has 7 heteroatoms. The molecule has 0 spiro atoms. The molecular formula is C11H11N3O3S. The summed E-state index contributed by atoms with van der Waals surface area (Å²) >= 11 is 0. The average Bonchev–Trinajstić information content (AvgIpc) is 2.32. The highest BCUT2D eigenvalue weighted by Crippen LogP contribution is 2.27. The first-order valence-corrected chi connectivity index (χ1v) is 6.81. The van der Waals surface area contributed by atoms with Crippen LogP contribution < -0.4 is 15.2 Å². The van der Waals surface area contributed by atoms with Crippen molar-refractivity contribution in [1.29, 1.82) is 0 Å². The minimum absolute atomic E-state index is 0.165. The van der Waals surface area contributed by atoms with E-state index < -0.39 is 10.2 Å². The second-order valence-corrected chi connectivity index (χ2v) is 5.38. The van der Waals surface area contributed by atoms with E-state index >= 15 is 0 Å². The Morgan fingerprint density at radius 2 is 2.06 bits per heavy atom. The minimum Gasteiger partial charge on any atom is -0.437 e. The molecule has 0 unspecified atom stereocenters. The van der Waals surface area contributed by atoms with Gasteiger partial charge >= 0.3 is 10.2 Å². The number of nitrogens with two attached hydrogens (primary N) is 1. The predicted octanol–water partition coefficient (Wildman–Crippen LogP) is 0.236. The summed E-state index contributed by atoms with van der Waals surface area (Å²) < 4.78 is 33.4. The van der Waals surface area contributed by atoms with E-state index in [0.29, 0.717) is 29.1 Å². The van der Waals surface area contributed by atoms with Gasteiger partial charge in [0.1, 0.15) is 0 Å². The number of hydrogen-bond donors (Lipinski definition) is 3. The summed E-state index contributed by atoms with van der Waals surface area (Å²) in [7, 11) is -3.62. The van der Waals surface area contributed by atoms with Crippen molar-refractivity contribution in [2.75, 3.05) is 0 Å². The van der Waals surface area contributed by atoms with Crippen LogP contribution in [-0.2, 0) is 14.9 Å². The third-order valence-electron chi connectivity index (χ3n) is 2.66. The Kier molecular flexibility index (Phi) is 2.24. The quantitative estimate of drug-likeness (QED) is 0.666. The second kappa shape index (κ2) is 3.67. The van der Waals surface area contributed by atoms with E-state index in [9.17, 15) is 8.42 Å². The smallest absolute Gasteiger partial charge is 0.323 e. The van der Waals surface area contributed by atoms with Gasteiger partial charge in [0, 0.05) is 0 Å². The van der Waals surface area contributed by atoms with E-state index in [0.717, 1.165) is 0 Å². The Morgan fingerprint density at radius 1 is 1.22 bits per heavy atom. The van der Waals surface area contributed by atoms with Crippen LogP contribution in [0, 0.1) is 0 Å². The van der Waals surface area contributed by atoms with Gasteiger partial charge in [-0.15, -0.1) is 0 Å². The summed E-state index contributed by atoms with van der Waals surface area (Å²) in [6.07, 6.45) is 9.54. The zero-order valence-electron chi connectivity index (χ0n) is 9.30. The lowest BCUT2D eigenvalue weighted by Crippen LogP contribution is -2.42. The van der Waals surface area contributed by atoms with Gasteiger partial charge in [0.15, 0.2) is 5.76 Å². The summed E-state index contributed by atoms with van der Waals surface area (Å²) in [6.45, 7) is 0. The van der Waals surface area contributed by atoms with Crippen LogP contribution in [0.1, 0.15) is 6.42 Å². The van der Waals surface area contributed by atoms with Crippen LogP contribution in [0.3, 0.4) is 0 Å². The van der Waals surface area contributed by atoms with Crippen LogP contribution in [0.2, 0.25) is 0 Å². The van der Waals surface area contributed by atoms with Crippen LogP contribution in [0.15, 0.2) is 59.0 Å². The molecule has 2 aliphatic carbocycles. The molecule has 18 heavy (non-hydrogen) atoms. The summed E-state index contributed by atoms with van der Waals surface area (Å²) in [4.78, 5) is 0. The van der Waals surface area contributed by atoms with Crippen molar-refractivity contribution in [3.63, 3.8) is 0 Å². The Morgan fingerprint density at radius 3 is 2.72 bits per heavy atom. The molecule has 0 saturated heterocycles. The molecule has 94 valence electrons. The van der Waals surface area contributed by atoms with Gasteiger partial charge in [-0.05, 0) is 18.6 Å².